The molecule has 0 heterocycles. The van der Waals surface area contributed by atoms with Crippen molar-refractivity contribution in [2.75, 3.05) is 0 Å². The predicted molar refractivity (Wildman–Crippen MR) is 43.5 cm³/mol. The maximum Gasteiger partial charge on any atom is 0.120 e. The van der Waals surface area contributed by atoms with E-state index in [1.54, 1.807) is 12.0 Å². The Morgan fingerprint density at radius 1 is 1.60 bits per heavy atom. The molecule has 0 bridgehead atoms. The van der Waals surface area contributed by atoms with Crippen molar-refractivity contribution in [3.05, 3.63) is 18.2 Å². The zero-order chi connectivity index (χ0) is 7.82. The SMILES string of the molecule is C=C(C)CCCCC=C=O. The first-order chi connectivity index (χ1) is 4.77. The van der Waals surface area contributed by atoms with Crippen LogP contribution in [0.1, 0.15) is 32.6 Å². The molecule has 0 aliphatic heterocycles. The molecule has 0 atom stereocenters. The van der Waals surface area contributed by atoms with Gasteiger partial charge in [0.05, 0.1) is 0 Å². The Balaban J connectivity index is 3.05. The Kier molecular flexibility index (Phi) is 5.80. The molecule has 0 rings (SSSR count). The maximum absolute atomic E-state index is 9.70. The Hall–Kier alpha value is -0.810. The summed E-state index contributed by atoms with van der Waals surface area (Å²) in [5, 5.41) is 0. The first-order valence-electron chi connectivity index (χ1n) is 3.61. The minimum atomic E-state index is 0.858. The Labute approximate surface area is 62.4 Å². The van der Waals surface area contributed by atoms with Gasteiger partial charge in [0.2, 0.25) is 0 Å². The highest BCUT2D eigenvalue weighted by atomic mass is 16.1. The van der Waals surface area contributed by atoms with Crippen LogP contribution in [-0.2, 0) is 4.79 Å². The van der Waals surface area contributed by atoms with E-state index < -0.39 is 0 Å². The summed E-state index contributed by atoms with van der Waals surface area (Å²) in [4.78, 5) is 9.70. The third kappa shape index (κ3) is 7.19. The zero-order valence-corrected chi connectivity index (χ0v) is 6.52. The molecule has 0 saturated heterocycles. The van der Waals surface area contributed by atoms with Crippen LogP contribution in [0.5, 0.6) is 0 Å². The van der Waals surface area contributed by atoms with Gasteiger partial charge < -0.3 is 0 Å². The lowest BCUT2D eigenvalue weighted by Crippen LogP contribution is -1.76. The van der Waals surface area contributed by atoms with Gasteiger partial charge in [0, 0.05) is 0 Å². The molecule has 1 heteroatoms. The van der Waals surface area contributed by atoms with Gasteiger partial charge in [-0.2, -0.15) is 0 Å². The first-order valence-corrected chi connectivity index (χ1v) is 3.61. The molecule has 56 valence electrons. The Morgan fingerprint density at radius 3 is 2.80 bits per heavy atom. The van der Waals surface area contributed by atoms with Crippen molar-refractivity contribution >= 4 is 5.94 Å². The third-order valence-electron chi connectivity index (χ3n) is 1.29. The Bertz CT molecular complexity index is 137. The molecule has 1 nitrogen and oxygen atoms in total. The average Bonchev–Trinajstić information content (AvgIpc) is 1.87. The lowest BCUT2D eigenvalue weighted by molar-refractivity contribution is 0.567. The highest BCUT2D eigenvalue weighted by Crippen LogP contribution is 2.05. The molecule has 0 aromatic carbocycles. The van der Waals surface area contributed by atoms with Crippen molar-refractivity contribution in [1.82, 2.24) is 0 Å². The second-order valence-electron chi connectivity index (χ2n) is 2.52. The van der Waals surface area contributed by atoms with E-state index in [0.29, 0.717) is 0 Å². The smallest absolute Gasteiger partial charge is 0.120 e. The normalized spacial score (nSPS) is 8.50. The summed E-state index contributed by atoms with van der Waals surface area (Å²) in [6.45, 7) is 5.81. The van der Waals surface area contributed by atoms with Crippen LogP contribution < -0.4 is 0 Å². The standard InChI is InChI=1S/C9H14O/c1-9(2)7-5-3-4-6-8-10/h6H,1,3-5,7H2,2H3. The summed E-state index contributed by atoms with van der Waals surface area (Å²) >= 11 is 0. The van der Waals surface area contributed by atoms with E-state index in [1.807, 2.05) is 6.92 Å². The van der Waals surface area contributed by atoms with Crippen molar-refractivity contribution < 1.29 is 4.79 Å². The quantitative estimate of drug-likeness (QED) is 0.324. The molecule has 0 aliphatic carbocycles. The number of hydrogen-bond donors (Lipinski definition) is 0. The van der Waals surface area contributed by atoms with Crippen LogP contribution in [-0.4, -0.2) is 5.94 Å². The van der Waals surface area contributed by atoms with Gasteiger partial charge in [-0.3, -0.25) is 0 Å². The van der Waals surface area contributed by atoms with E-state index in [-0.39, 0.29) is 0 Å². The molecule has 0 N–H and O–H groups in total. The minimum Gasteiger partial charge on any atom is -0.234 e. The molecule has 0 saturated carbocycles. The van der Waals surface area contributed by atoms with E-state index in [2.05, 4.69) is 6.58 Å². The summed E-state index contributed by atoms with van der Waals surface area (Å²) in [5.41, 5.74) is 1.22. The van der Waals surface area contributed by atoms with Gasteiger partial charge in [0.1, 0.15) is 5.94 Å². The van der Waals surface area contributed by atoms with Crippen molar-refractivity contribution in [2.24, 2.45) is 0 Å². The van der Waals surface area contributed by atoms with Gasteiger partial charge in [-0.1, -0.05) is 5.57 Å². The fourth-order valence-electron chi connectivity index (χ4n) is 0.732. The summed E-state index contributed by atoms with van der Waals surface area (Å²) in [6.07, 6.45) is 5.68. The molecular weight excluding hydrogens is 124 g/mol. The topological polar surface area (TPSA) is 17.1 Å². The molecule has 0 aliphatic rings. The van der Waals surface area contributed by atoms with Crippen LogP contribution in [0.15, 0.2) is 18.2 Å². The van der Waals surface area contributed by atoms with Gasteiger partial charge >= 0.3 is 0 Å². The van der Waals surface area contributed by atoms with E-state index in [4.69, 9.17) is 0 Å². The van der Waals surface area contributed by atoms with Gasteiger partial charge in [0.15, 0.2) is 0 Å². The molecule has 0 unspecified atom stereocenters. The molecule has 0 aromatic rings. The van der Waals surface area contributed by atoms with Crippen LogP contribution in [0.4, 0.5) is 0 Å². The van der Waals surface area contributed by atoms with Crippen LogP contribution in [0, 0.1) is 0 Å². The monoisotopic (exact) mass is 138 g/mol. The molecular formula is C9H14O. The van der Waals surface area contributed by atoms with Gasteiger partial charge in [-0.25, -0.2) is 4.79 Å². The highest BCUT2D eigenvalue weighted by Gasteiger charge is 1.86. The van der Waals surface area contributed by atoms with Crippen LogP contribution in [0.25, 0.3) is 0 Å². The van der Waals surface area contributed by atoms with Crippen molar-refractivity contribution in [3.8, 4) is 0 Å². The zero-order valence-electron chi connectivity index (χ0n) is 6.52. The van der Waals surface area contributed by atoms with E-state index in [9.17, 15) is 4.79 Å². The summed E-state index contributed by atoms with van der Waals surface area (Å²) in [6, 6.07) is 0. The van der Waals surface area contributed by atoms with Crippen LogP contribution in [0.2, 0.25) is 0 Å². The van der Waals surface area contributed by atoms with Gasteiger partial charge in [-0.05, 0) is 38.7 Å². The average molecular weight is 138 g/mol. The Morgan fingerprint density at radius 2 is 2.30 bits per heavy atom. The fraction of sp³-hybridized carbons (Fsp3) is 0.556. The summed E-state index contributed by atoms with van der Waals surface area (Å²) < 4.78 is 0. The summed E-state index contributed by atoms with van der Waals surface area (Å²) in [5.74, 6) is 1.76. The van der Waals surface area contributed by atoms with Crippen LogP contribution >= 0.6 is 0 Å². The molecule has 0 aromatic heterocycles. The number of unbranched alkanes of at least 4 members (excludes halogenated alkanes) is 2. The third-order valence-corrected chi connectivity index (χ3v) is 1.29. The fourth-order valence-corrected chi connectivity index (χ4v) is 0.732. The number of carbonyl (C=O) groups excluding carboxylic acids is 1. The minimum absolute atomic E-state index is 0.858. The van der Waals surface area contributed by atoms with Gasteiger partial charge in [-0.15, -0.1) is 6.58 Å². The lowest BCUT2D eigenvalue weighted by atomic mass is 10.1. The molecule has 0 spiro atoms. The first kappa shape index (κ1) is 9.19. The maximum atomic E-state index is 9.70. The van der Waals surface area contributed by atoms with Gasteiger partial charge in [0.25, 0.3) is 0 Å². The van der Waals surface area contributed by atoms with Crippen molar-refractivity contribution in [3.63, 3.8) is 0 Å². The second kappa shape index (κ2) is 6.31. The highest BCUT2D eigenvalue weighted by molar-refractivity contribution is 5.44. The number of hydrogen-bond acceptors (Lipinski definition) is 1. The molecule has 0 fully saturated rings. The van der Waals surface area contributed by atoms with Crippen LogP contribution in [0.3, 0.4) is 0 Å². The number of allylic oxidation sites excluding steroid dienone is 2. The second-order valence-corrected chi connectivity index (χ2v) is 2.52. The predicted octanol–water partition coefficient (Wildman–Crippen LogP) is 2.51. The lowest BCUT2D eigenvalue weighted by Gasteiger charge is -1.95. The van der Waals surface area contributed by atoms with E-state index in [0.717, 1.165) is 25.7 Å². The molecule has 0 amide bonds. The molecule has 10 heavy (non-hydrogen) atoms. The molecule has 0 radical (unpaired) electrons. The summed E-state index contributed by atoms with van der Waals surface area (Å²) in [7, 11) is 0. The number of rotatable bonds is 5. The van der Waals surface area contributed by atoms with E-state index >= 15 is 0 Å². The largest absolute Gasteiger partial charge is 0.234 e. The van der Waals surface area contributed by atoms with E-state index in [1.165, 1.54) is 5.57 Å². The van der Waals surface area contributed by atoms with Crippen molar-refractivity contribution in [1.29, 1.82) is 0 Å². The van der Waals surface area contributed by atoms with Crippen molar-refractivity contribution in [2.45, 2.75) is 32.6 Å².